The van der Waals surface area contributed by atoms with E-state index in [9.17, 15) is 4.79 Å². The number of amides is 1. The number of carbonyl (C=O) groups excluding carboxylic acids is 1. The molecule has 2 heterocycles. The number of aromatic nitrogens is 3. The van der Waals surface area contributed by atoms with Crippen molar-refractivity contribution in [2.75, 3.05) is 31.9 Å². The summed E-state index contributed by atoms with van der Waals surface area (Å²) < 4.78 is 2.07. The van der Waals surface area contributed by atoms with Gasteiger partial charge in [0.25, 0.3) is 0 Å². The summed E-state index contributed by atoms with van der Waals surface area (Å²) in [6, 6.07) is 8.37. The number of benzene rings is 1. The Labute approximate surface area is 172 Å². The molecular weight excluding hydrogens is 370 g/mol. The minimum Gasteiger partial charge on any atom is -0.355 e. The lowest BCUT2D eigenvalue weighted by Crippen LogP contribution is -2.37. The Morgan fingerprint density at radius 3 is 2.61 bits per heavy atom. The maximum Gasteiger partial charge on any atom is 0.220 e. The number of piperidine rings is 1. The summed E-state index contributed by atoms with van der Waals surface area (Å²) in [4.78, 5) is 14.5. The molecule has 0 saturated carbocycles. The first-order valence-electron chi connectivity index (χ1n) is 10.2. The SMILES string of the molecule is Cc1ccc(-n2c(C)nnc2SCCCC(=O)NCCN2CCCCC2)cc1. The van der Waals surface area contributed by atoms with Gasteiger partial charge in [-0.15, -0.1) is 10.2 Å². The summed E-state index contributed by atoms with van der Waals surface area (Å²) in [6.07, 6.45) is 5.32. The number of nitrogens with one attached hydrogen (secondary N) is 1. The van der Waals surface area contributed by atoms with Crippen molar-refractivity contribution in [1.29, 1.82) is 0 Å². The molecule has 1 aliphatic heterocycles. The van der Waals surface area contributed by atoms with E-state index in [2.05, 4.69) is 56.2 Å². The van der Waals surface area contributed by atoms with Crippen LogP contribution in [-0.4, -0.2) is 57.5 Å². The van der Waals surface area contributed by atoms with E-state index in [4.69, 9.17) is 0 Å². The maximum absolute atomic E-state index is 12.0. The fourth-order valence-corrected chi connectivity index (χ4v) is 4.38. The van der Waals surface area contributed by atoms with Crippen LogP contribution in [0.25, 0.3) is 5.69 Å². The van der Waals surface area contributed by atoms with Gasteiger partial charge in [-0.05, 0) is 58.3 Å². The molecule has 0 bridgehead atoms. The summed E-state index contributed by atoms with van der Waals surface area (Å²) in [7, 11) is 0. The largest absolute Gasteiger partial charge is 0.355 e. The second-order valence-electron chi connectivity index (χ2n) is 7.41. The Hall–Kier alpha value is -1.86. The highest BCUT2D eigenvalue weighted by Gasteiger charge is 2.12. The van der Waals surface area contributed by atoms with E-state index in [0.717, 1.165) is 41.9 Å². The van der Waals surface area contributed by atoms with Crippen molar-refractivity contribution in [3.8, 4) is 5.69 Å². The van der Waals surface area contributed by atoms with Crippen molar-refractivity contribution >= 4 is 17.7 Å². The number of thioether (sulfide) groups is 1. The smallest absolute Gasteiger partial charge is 0.220 e. The topological polar surface area (TPSA) is 63.1 Å². The van der Waals surface area contributed by atoms with E-state index in [0.29, 0.717) is 6.42 Å². The number of likely N-dealkylation sites (tertiary alicyclic amines) is 1. The normalized spacial score (nSPS) is 14.9. The summed E-state index contributed by atoms with van der Waals surface area (Å²) >= 11 is 1.66. The van der Waals surface area contributed by atoms with Gasteiger partial charge < -0.3 is 10.2 Å². The Bertz CT molecular complexity index is 753. The van der Waals surface area contributed by atoms with Crippen LogP contribution < -0.4 is 5.32 Å². The zero-order valence-corrected chi connectivity index (χ0v) is 17.8. The van der Waals surface area contributed by atoms with Crippen molar-refractivity contribution in [2.45, 2.75) is 51.1 Å². The van der Waals surface area contributed by atoms with Crippen molar-refractivity contribution in [2.24, 2.45) is 0 Å². The summed E-state index contributed by atoms with van der Waals surface area (Å²) in [5, 5.41) is 12.5. The highest BCUT2D eigenvalue weighted by Crippen LogP contribution is 2.23. The average Bonchev–Trinajstić information content (AvgIpc) is 3.07. The molecule has 1 saturated heterocycles. The summed E-state index contributed by atoms with van der Waals surface area (Å²) in [5.74, 6) is 1.87. The first-order chi connectivity index (χ1) is 13.6. The zero-order chi connectivity index (χ0) is 19.8. The van der Waals surface area contributed by atoms with Crippen LogP contribution in [0.5, 0.6) is 0 Å². The molecule has 1 amide bonds. The van der Waals surface area contributed by atoms with Gasteiger partial charge in [-0.2, -0.15) is 0 Å². The van der Waals surface area contributed by atoms with E-state index in [-0.39, 0.29) is 5.91 Å². The molecule has 3 rings (SSSR count). The predicted molar refractivity (Wildman–Crippen MR) is 114 cm³/mol. The van der Waals surface area contributed by atoms with Gasteiger partial charge in [-0.25, -0.2) is 0 Å². The molecule has 7 heteroatoms. The van der Waals surface area contributed by atoms with Crippen LogP contribution in [0.2, 0.25) is 0 Å². The fraction of sp³-hybridized carbons (Fsp3) is 0.571. The average molecular weight is 402 g/mol. The van der Waals surface area contributed by atoms with Crippen molar-refractivity contribution < 1.29 is 4.79 Å². The molecule has 1 aromatic carbocycles. The van der Waals surface area contributed by atoms with Crippen LogP contribution >= 0.6 is 11.8 Å². The third-order valence-electron chi connectivity index (χ3n) is 5.07. The lowest BCUT2D eigenvalue weighted by Gasteiger charge is -2.26. The second kappa shape index (κ2) is 10.6. The molecule has 28 heavy (non-hydrogen) atoms. The molecule has 0 spiro atoms. The number of hydrogen-bond acceptors (Lipinski definition) is 5. The van der Waals surface area contributed by atoms with Crippen LogP contribution in [0.4, 0.5) is 0 Å². The van der Waals surface area contributed by atoms with Crippen molar-refractivity contribution in [3.63, 3.8) is 0 Å². The molecule has 1 aromatic heterocycles. The minimum atomic E-state index is 0.147. The van der Waals surface area contributed by atoms with Crippen LogP contribution in [0.1, 0.15) is 43.5 Å². The number of rotatable bonds is 9. The van der Waals surface area contributed by atoms with Gasteiger partial charge in [-0.1, -0.05) is 35.9 Å². The lowest BCUT2D eigenvalue weighted by molar-refractivity contribution is -0.121. The third kappa shape index (κ3) is 6.07. The van der Waals surface area contributed by atoms with E-state index in [1.54, 1.807) is 11.8 Å². The molecule has 1 aliphatic rings. The van der Waals surface area contributed by atoms with E-state index in [1.807, 2.05) is 6.92 Å². The molecule has 0 aliphatic carbocycles. The molecule has 6 nitrogen and oxygen atoms in total. The van der Waals surface area contributed by atoms with Crippen molar-refractivity contribution in [1.82, 2.24) is 25.0 Å². The van der Waals surface area contributed by atoms with Crippen LogP contribution in [-0.2, 0) is 4.79 Å². The molecule has 0 unspecified atom stereocenters. The van der Waals surface area contributed by atoms with E-state index < -0.39 is 0 Å². The Kier molecular flexibility index (Phi) is 7.91. The monoisotopic (exact) mass is 401 g/mol. The van der Waals surface area contributed by atoms with Crippen LogP contribution in [0.3, 0.4) is 0 Å². The molecule has 2 aromatic rings. The molecule has 0 radical (unpaired) electrons. The van der Waals surface area contributed by atoms with E-state index >= 15 is 0 Å². The second-order valence-corrected chi connectivity index (χ2v) is 8.47. The standard InChI is InChI=1S/C21H31N5OS/c1-17-8-10-19(11-9-17)26-18(2)23-24-21(26)28-16-6-7-20(27)22-12-15-25-13-4-3-5-14-25/h8-11H,3-7,12-16H2,1-2H3,(H,22,27). The van der Waals surface area contributed by atoms with Gasteiger partial charge >= 0.3 is 0 Å². The molecule has 1 N–H and O–H groups in total. The third-order valence-corrected chi connectivity index (χ3v) is 6.08. The molecule has 0 atom stereocenters. The minimum absolute atomic E-state index is 0.147. The van der Waals surface area contributed by atoms with Gasteiger partial charge in [-0.3, -0.25) is 9.36 Å². The quantitative estimate of drug-likeness (QED) is 0.516. The highest BCUT2D eigenvalue weighted by molar-refractivity contribution is 7.99. The first kappa shape index (κ1) is 20.9. The first-order valence-corrected chi connectivity index (χ1v) is 11.2. The highest BCUT2D eigenvalue weighted by atomic mass is 32.2. The van der Waals surface area contributed by atoms with E-state index in [1.165, 1.54) is 37.9 Å². The van der Waals surface area contributed by atoms with Crippen LogP contribution in [0, 0.1) is 13.8 Å². The Morgan fingerprint density at radius 2 is 1.86 bits per heavy atom. The summed E-state index contributed by atoms with van der Waals surface area (Å²) in [5.41, 5.74) is 2.31. The summed E-state index contributed by atoms with van der Waals surface area (Å²) in [6.45, 7) is 8.12. The number of hydrogen-bond donors (Lipinski definition) is 1. The fourth-order valence-electron chi connectivity index (χ4n) is 3.45. The number of aryl methyl sites for hydroxylation is 2. The van der Waals surface area contributed by atoms with Gasteiger partial charge in [0.2, 0.25) is 5.91 Å². The molecular formula is C21H31N5OS. The van der Waals surface area contributed by atoms with Gasteiger partial charge in [0, 0.05) is 31.0 Å². The molecule has 152 valence electrons. The van der Waals surface area contributed by atoms with Gasteiger partial charge in [0.15, 0.2) is 5.16 Å². The van der Waals surface area contributed by atoms with Gasteiger partial charge in [0.1, 0.15) is 5.82 Å². The zero-order valence-electron chi connectivity index (χ0n) is 17.0. The number of nitrogens with zero attached hydrogens (tertiary/aromatic N) is 4. The van der Waals surface area contributed by atoms with Crippen molar-refractivity contribution in [3.05, 3.63) is 35.7 Å². The van der Waals surface area contributed by atoms with Crippen LogP contribution in [0.15, 0.2) is 29.4 Å². The Morgan fingerprint density at radius 1 is 1.11 bits per heavy atom. The molecule has 1 fully saturated rings. The lowest BCUT2D eigenvalue weighted by atomic mass is 10.1. The van der Waals surface area contributed by atoms with Gasteiger partial charge in [0.05, 0.1) is 0 Å². The number of carbonyl (C=O) groups is 1. The maximum atomic E-state index is 12.0. The predicted octanol–water partition coefficient (Wildman–Crippen LogP) is 3.36. The Balaban J connectivity index is 1.38.